The van der Waals surface area contributed by atoms with E-state index in [1.807, 2.05) is 30.3 Å². The van der Waals surface area contributed by atoms with Crippen LogP contribution in [0.1, 0.15) is 45.4 Å². The number of carbonyl (C=O) groups excluding carboxylic acids is 1. The van der Waals surface area contributed by atoms with Crippen LogP contribution >= 0.6 is 38.5 Å². The lowest BCUT2D eigenvalue weighted by Crippen LogP contribution is -2.29. The predicted molar refractivity (Wildman–Crippen MR) is 148 cm³/mol. The van der Waals surface area contributed by atoms with Gasteiger partial charge in [-0.05, 0) is 101 Å². The van der Waals surface area contributed by atoms with Crippen LogP contribution in [-0.4, -0.2) is 19.2 Å². The molecule has 6 rings (SSSR count). The molecule has 2 heterocycles. The van der Waals surface area contributed by atoms with Gasteiger partial charge in [-0.2, -0.15) is 0 Å². The van der Waals surface area contributed by atoms with E-state index in [9.17, 15) is 4.79 Å². The lowest BCUT2D eigenvalue weighted by atomic mass is 9.76. The number of anilines is 1. The van der Waals surface area contributed by atoms with Gasteiger partial charge in [0.25, 0.3) is 5.91 Å². The quantitative estimate of drug-likeness (QED) is 0.244. The lowest BCUT2D eigenvalue weighted by molar-refractivity contribution is 0.0954. The summed E-state index contributed by atoms with van der Waals surface area (Å²) in [6.07, 6.45) is 6.47. The highest BCUT2D eigenvalue weighted by Gasteiger charge is 2.39. The third-order valence-corrected chi connectivity index (χ3v) is 8.47. The van der Waals surface area contributed by atoms with E-state index in [1.54, 1.807) is 0 Å². The molecule has 3 aliphatic rings. The number of ether oxygens (including phenoxy) is 2. The smallest absolute Gasteiger partial charge is 0.251 e. The van der Waals surface area contributed by atoms with Crippen LogP contribution in [0, 0.1) is 9.49 Å². The molecule has 3 atom stereocenters. The van der Waals surface area contributed by atoms with Crippen LogP contribution < -0.4 is 20.1 Å². The van der Waals surface area contributed by atoms with E-state index in [-0.39, 0.29) is 18.7 Å². The fraction of sp³-hybridized carbons (Fsp3) is 0.250. The van der Waals surface area contributed by atoms with Crippen LogP contribution in [0.15, 0.2) is 71.2 Å². The summed E-state index contributed by atoms with van der Waals surface area (Å²) < 4.78 is 13.4. The highest BCUT2D eigenvalue weighted by atomic mass is 127. The first-order chi connectivity index (χ1) is 17.1. The fourth-order valence-electron chi connectivity index (χ4n) is 5.30. The molecule has 0 radical (unpaired) electrons. The molecule has 1 amide bonds. The second-order valence-corrected chi connectivity index (χ2v) is 11.2. The minimum absolute atomic E-state index is 0.0306. The van der Waals surface area contributed by atoms with Crippen LogP contribution in [0.5, 0.6) is 11.5 Å². The van der Waals surface area contributed by atoms with Crippen molar-refractivity contribution in [3.05, 3.63) is 97.0 Å². The summed E-state index contributed by atoms with van der Waals surface area (Å²) in [4.78, 5) is 12.4. The zero-order valence-corrected chi connectivity index (χ0v) is 22.6. The van der Waals surface area contributed by atoms with Crippen molar-refractivity contribution in [2.75, 3.05) is 18.7 Å². The third-order valence-electron chi connectivity index (χ3n) is 7.06. The van der Waals surface area contributed by atoms with Crippen molar-refractivity contribution in [3.63, 3.8) is 0 Å². The average Bonchev–Trinajstić information content (AvgIpc) is 3.53. The van der Waals surface area contributed by atoms with Crippen LogP contribution in [-0.2, 0) is 6.42 Å². The lowest BCUT2D eigenvalue weighted by Gasteiger charge is -2.38. The van der Waals surface area contributed by atoms with Gasteiger partial charge in [0.15, 0.2) is 11.5 Å². The van der Waals surface area contributed by atoms with Crippen LogP contribution in [0.4, 0.5) is 5.69 Å². The number of carbonyl (C=O) groups is 1. The number of hydrogen-bond donors (Lipinski definition) is 2. The van der Waals surface area contributed by atoms with Crippen molar-refractivity contribution in [2.45, 2.75) is 24.8 Å². The van der Waals surface area contributed by atoms with Gasteiger partial charge in [-0.15, -0.1) is 0 Å². The zero-order chi connectivity index (χ0) is 23.9. The molecule has 0 saturated carbocycles. The first-order valence-corrected chi connectivity index (χ1v) is 13.6. The van der Waals surface area contributed by atoms with Gasteiger partial charge in [-0.3, -0.25) is 4.79 Å². The van der Waals surface area contributed by atoms with Gasteiger partial charge < -0.3 is 20.1 Å². The van der Waals surface area contributed by atoms with Crippen LogP contribution in [0.25, 0.3) is 0 Å². The van der Waals surface area contributed by atoms with E-state index >= 15 is 0 Å². The molecular formula is C28H24BrIN2O3. The number of allylic oxidation sites excluding steroid dienone is 2. The van der Waals surface area contributed by atoms with Gasteiger partial charge >= 0.3 is 0 Å². The molecule has 5 nitrogen and oxygen atoms in total. The number of rotatable bonds is 5. The summed E-state index contributed by atoms with van der Waals surface area (Å²) in [6.45, 7) is 0.876. The van der Waals surface area contributed by atoms with Gasteiger partial charge in [0.1, 0.15) is 0 Å². The number of fused-ring (bicyclic) bond motifs is 4. The van der Waals surface area contributed by atoms with Crippen molar-refractivity contribution in [1.82, 2.24) is 5.32 Å². The summed E-state index contributed by atoms with van der Waals surface area (Å²) in [5.74, 6) is 2.35. The molecule has 0 saturated heterocycles. The largest absolute Gasteiger partial charge is 0.454 e. The number of halogens is 2. The van der Waals surface area contributed by atoms with E-state index in [2.05, 4.69) is 85.6 Å². The minimum atomic E-state index is -0.0306. The molecule has 35 heavy (non-hydrogen) atoms. The van der Waals surface area contributed by atoms with Gasteiger partial charge in [0, 0.05) is 31.8 Å². The normalized spacial score (nSPS) is 21.3. The number of hydrogen-bond acceptors (Lipinski definition) is 4. The average molecular weight is 643 g/mol. The molecule has 0 fully saturated rings. The van der Waals surface area contributed by atoms with E-state index < -0.39 is 0 Å². The Morgan fingerprint density at radius 1 is 1.06 bits per heavy atom. The molecule has 3 aromatic carbocycles. The standard InChI is InChI=1S/C28H24BrIN2O3/c29-23-14-26-25(34-15-35-26)13-22(23)27-20-3-1-2-19(20)21-12-16(4-9-24(21)32-27)10-11-31-28(33)17-5-7-18(30)8-6-17/h1-2,4-9,12-14,19-20,27,32H,3,10-11,15H2,(H,31,33). The van der Waals surface area contributed by atoms with Crippen molar-refractivity contribution in [3.8, 4) is 11.5 Å². The van der Waals surface area contributed by atoms with Crippen molar-refractivity contribution in [1.29, 1.82) is 0 Å². The highest BCUT2D eigenvalue weighted by molar-refractivity contribution is 14.1. The summed E-state index contributed by atoms with van der Waals surface area (Å²) in [6, 6.07) is 18.6. The Morgan fingerprint density at radius 3 is 2.69 bits per heavy atom. The number of benzene rings is 3. The van der Waals surface area contributed by atoms with Gasteiger partial charge in [-0.25, -0.2) is 0 Å². The molecule has 0 spiro atoms. The molecule has 7 heteroatoms. The SMILES string of the molecule is O=C(NCCc1ccc2c(c1)C1C=CCC1C(c1cc3c(cc1Br)OCO3)N2)c1ccc(I)cc1. The van der Waals surface area contributed by atoms with Gasteiger partial charge in [0.05, 0.1) is 6.04 Å². The zero-order valence-electron chi connectivity index (χ0n) is 18.9. The Morgan fingerprint density at radius 2 is 1.86 bits per heavy atom. The second-order valence-electron chi connectivity index (χ2n) is 9.14. The third kappa shape index (κ3) is 4.44. The van der Waals surface area contributed by atoms with Gasteiger partial charge in [0.2, 0.25) is 6.79 Å². The maximum absolute atomic E-state index is 12.4. The number of amides is 1. The maximum atomic E-state index is 12.4. The first kappa shape index (κ1) is 22.9. The molecule has 2 aliphatic heterocycles. The predicted octanol–water partition coefficient (Wildman–Crippen LogP) is 6.58. The maximum Gasteiger partial charge on any atom is 0.251 e. The fourth-order valence-corrected chi connectivity index (χ4v) is 6.23. The van der Waals surface area contributed by atoms with Crippen molar-refractivity contribution >= 4 is 50.1 Å². The monoisotopic (exact) mass is 642 g/mol. The molecule has 0 bridgehead atoms. The minimum Gasteiger partial charge on any atom is -0.454 e. The Kier molecular flexibility index (Phi) is 6.22. The molecule has 2 N–H and O–H groups in total. The summed E-state index contributed by atoms with van der Waals surface area (Å²) >= 11 is 6.01. The topological polar surface area (TPSA) is 59.6 Å². The Balaban J connectivity index is 1.19. The molecule has 1 aliphatic carbocycles. The summed E-state index contributed by atoms with van der Waals surface area (Å²) in [5.41, 5.74) is 5.62. The van der Waals surface area contributed by atoms with E-state index in [0.717, 1.165) is 32.4 Å². The summed E-state index contributed by atoms with van der Waals surface area (Å²) in [5, 5.41) is 6.86. The van der Waals surface area contributed by atoms with E-state index in [0.29, 0.717) is 23.9 Å². The molecule has 3 unspecified atom stereocenters. The Labute approximate surface area is 226 Å². The number of nitrogens with one attached hydrogen (secondary N) is 2. The summed E-state index contributed by atoms with van der Waals surface area (Å²) in [7, 11) is 0. The first-order valence-electron chi connectivity index (χ1n) is 11.8. The molecular weight excluding hydrogens is 619 g/mol. The van der Waals surface area contributed by atoms with Crippen molar-refractivity contribution in [2.24, 2.45) is 5.92 Å². The Bertz CT molecular complexity index is 1320. The van der Waals surface area contributed by atoms with Crippen LogP contribution in [0.3, 0.4) is 0 Å². The highest BCUT2D eigenvalue weighted by Crippen LogP contribution is 2.52. The molecule has 178 valence electrons. The van der Waals surface area contributed by atoms with Crippen LogP contribution in [0.2, 0.25) is 0 Å². The van der Waals surface area contributed by atoms with Crippen molar-refractivity contribution < 1.29 is 14.3 Å². The second kappa shape index (κ2) is 9.50. The molecule has 0 aromatic heterocycles. The van der Waals surface area contributed by atoms with E-state index in [1.165, 1.54) is 22.4 Å². The van der Waals surface area contributed by atoms with E-state index in [4.69, 9.17) is 9.47 Å². The molecule has 3 aromatic rings. The Hall–Kier alpha value is -2.52. The van der Waals surface area contributed by atoms with Gasteiger partial charge in [-0.1, -0.05) is 40.2 Å².